The van der Waals surface area contributed by atoms with E-state index < -0.39 is 0 Å². The van der Waals surface area contributed by atoms with E-state index >= 15 is 0 Å². The second kappa shape index (κ2) is 7.46. The van der Waals surface area contributed by atoms with Crippen molar-refractivity contribution in [1.82, 2.24) is 10.2 Å². The molecule has 1 saturated carbocycles. The van der Waals surface area contributed by atoms with Crippen LogP contribution in [0.2, 0.25) is 0 Å². The molecule has 0 aromatic carbocycles. The van der Waals surface area contributed by atoms with Crippen molar-refractivity contribution < 1.29 is 5.11 Å². The number of aliphatic hydroxyl groups is 1. The molecular formula is C15H32N2O. The maximum Gasteiger partial charge on any atom is 0.0546 e. The van der Waals surface area contributed by atoms with Crippen LogP contribution in [-0.2, 0) is 0 Å². The summed E-state index contributed by atoms with van der Waals surface area (Å²) in [5.74, 6) is 0.718. The van der Waals surface area contributed by atoms with Crippen LogP contribution >= 0.6 is 0 Å². The lowest BCUT2D eigenvalue weighted by Gasteiger charge is -2.39. The van der Waals surface area contributed by atoms with Crippen molar-refractivity contribution in [3.8, 4) is 0 Å². The predicted molar refractivity (Wildman–Crippen MR) is 77.8 cm³/mol. The second-order valence-electron chi connectivity index (χ2n) is 6.53. The SMILES string of the molecule is CCCC(C)(CNCC)CN(C)CC1CC(O)C1. The Morgan fingerprint density at radius 2 is 2.00 bits per heavy atom. The van der Waals surface area contributed by atoms with Crippen molar-refractivity contribution >= 4 is 0 Å². The van der Waals surface area contributed by atoms with Crippen LogP contribution in [0.5, 0.6) is 0 Å². The first-order valence-corrected chi connectivity index (χ1v) is 7.56. The van der Waals surface area contributed by atoms with Crippen LogP contribution in [0.3, 0.4) is 0 Å². The Kier molecular flexibility index (Phi) is 6.61. The number of rotatable bonds is 9. The molecule has 108 valence electrons. The Morgan fingerprint density at radius 3 is 2.50 bits per heavy atom. The normalized spacial score (nSPS) is 27.0. The molecule has 0 aromatic rings. The summed E-state index contributed by atoms with van der Waals surface area (Å²) < 4.78 is 0. The molecule has 0 saturated heterocycles. The van der Waals surface area contributed by atoms with E-state index in [9.17, 15) is 5.11 Å². The van der Waals surface area contributed by atoms with Gasteiger partial charge < -0.3 is 15.3 Å². The van der Waals surface area contributed by atoms with E-state index in [0.29, 0.717) is 5.41 Å². The highest BCUT2D eigenvalue weighted by Gasteiger charge is 2.30. The van der Waals surface area contributed by atoms with Crippen molar-refractivity contribution in [1.29, 1.82) is 0 Å². The highest BCUT2D eigenvalue weighted by molar-refractivity contribution is 4.84. The van der Waals surface area contributed by atoms with E-state index in [-0.39, 0.29) is 6.10 Å². The smallest absolute Gasteiger partial charge is 0.0546 e. The molecule has 1 aliphatic rings. The molecule has 0 bridgehead atoms. The maximum absolute atomic E-state index is 9.34. The number of hydrogen-bond donors (Lipinski definition) is 2. The highest BCUT2D eigenvalue weighted by atomic mass is 16.3. The van der Waals surface area contributed by atoms with Gasteiger partial charge >= 0.3 is 0 Å². The lowest BCUT2D eigenvalue weighted by Crippen LogP contribution is -2.44. The van der Waals surface area contributed by atoms with Gasteiger partial charge in [-0.3, -0.25) is 0 Å². The fourth-order valence-corrected chi connectivity index (χ4v) is 3.26. The van der Waals surface area contributed by atoms with Crippen molar-refractivity contribution in [2.24, 2.45) is 11.3 Å². The summed E-state index contributed by atoms with van der Waals surface area (Å²) in [7, 11) is 2.23. The molecule has 2 N–H and O–H groups in total. The van der Waals surface area contributed by atoms with E-state index in [1.54, 1.807) is 0 Å². The van der Waals surface area contributed by atoms with Gasteiger partial charge in [0.15, 0.2) is 0 Å². The first-order valence-electron chi connectivity index (χ1n) is 7.56. The minimum atomic E-state index is -0.0211. The van der Waals surface area contributed by atoms with E-state index in [1.807, 2.05) is 0 Å². The number of nitrogens with one attached hydrogen (secondary N) is 1. The summed E-state index contributed by atoms with van der Waals surface area (Å²) in [6.07, 6.45) is 4.51. The predicted octanol–water partition coefficient (Wildman–Crippen LogP) is 2.10. The minimum absolute atomic E-state index is 0.0211. The average Bonchev–Trinajstić information content (AvgIpc) is 2.24. The third kappa shape index (κ3) is 5.25. The van der Waals surface area contributed by atoms with Crippen molar-refractivity contribution in [2.45, 2.75) is 52.6 Å². The lowest BCUT2D eigenvalue weighted by atomic mass is 9.81. The standard InChI is InChI=1S/C15H32N2O/c1-5-7-15(3,11-16-6-2)12-17(4)10-13-8-14(18)9-13/h13-14,16,18H,5-12H2,1-4H3. The fourth-order valence-electron chi connectivity index (χ4n) is 3.26. The van der Waals surface area contributed by atoms with Crippen LogP contribution < -0.4 is 5.32 Å². The third-order valence-corrected chi connectivity index (χ3v) is 4.09. The molecule has 0 heterocycles. The van der Waals surface area contributed by atoms with Gasteiger partial charge in [-0.15, -0.1) is 0 Å². The van der Waals surface area contributed by atoms with Gasteiger partial charge in [-0.25, -0.2) is 0 Å². The number of nitrogens with zero attached hydrogens (tertiary/aromatic N) is 1. The molecule has 0 amide bonds. The van der Waals surface area contributed by atoms with Gasteiger partial charge in [0.05, 0.1) is 6.10 Å². The Labute approximate surface area is 113 Å². The van der Waals surface area contributed by atoms with Gasteiger partial charge in [-0.2, -0.15) is 0 Å². The molecule has 3 heteroatoms. The van der Waals surface area contributed by atoms with Gasteiger partial charge in [0.2, 0.25) is 0 Å². The topological polar surface area (TPSA) is 35.5 Å². The van der Waals surface area contributed by atoms with Gasteiger partial charge in [-0.05, 0) is 44.2 Å². The lowest BCUT2D eigenvalue weighted by molar-refractivity contribution is 0.0221. The molecule has 1 fully saturated rings. The molecule has 1 atom stereocenters. The van der Waals surface area contributed by atoms with Crippen LogP contribution in [-0.4, -0.2) is 49.3 Å². The Balaban J connectivity index is 2.33. The van der Waals surface area contributed by atoms with Crippen LogP contribution in [0.25, 0.3) is 0 Å². The first-order chi connectivity index (χ1) is 8.49. The summed E-state index contributed by atoms with van der Waals surface area (Å²) in [5, 5.41) is 12.8. The Morgan fingerprint density at radius 1 is 1.33 bits per heavy atom. The summed E-state index contributed by atoms with van der Waals surface area (Å²) in [5.41, 5.74) is 0.377. The fraction of sp³-hybridized carbons (Fsp3) is 1.00. The highest BCUT2D eigenvalue weighted by Crippen LogP contribution is 2.29. The molecule has 1 aliphatic carbocycles. The maximum atomic E-state index is 9.34. The van der Waals surface area contributed by atoms with E-state index in [4.69, 9.17) is 0 Å². The van der Waals surface area contributed by atoms with Crippen molar-refractivity contribution in [3.63, 3.8) is 0 Å². The molecule has 0 aliphatic heterocycles. The van der Waals surface area contributed by atoms with E-state index in [2.05, 4.69) is 38.0 Å². The monoisotopic (exact) mass is 256 g/mol. The van der Waals surface area contributed by atoms with E-state index in [1.165, 1.54) is 12.8 Å². The van der Waals surface area contributed by atoms with Crippen molar-refractivity contribution in [2.75, 3.05) is 33.2 Å². The molecule has 0 aromatic heterocycles. The molecule has 1 unspecified atom stereocenters. The average molecular weight is 256 g/mol. The number of hydrogen-bond acceptors (Lipinski definition) is 3. The zero-order valence-electron chi connectivity index (χ0n) is 12.7. The zero-order chi connectivity index (χ0) is 13.6. The minimum Gasteiger partial charge on any atom is -0.393 e. The molecule has 18 heavy (non-hydrogen) atoms. The van der Waals surface area contributed by atoms with Crippen molar-refractivity contribution in [3.05, 3.63) is 0 Å². The molecule has 0 radical (unpaired) electrons. The summed E-state index contributed by atoms with van der Waals surface area (Å²) in [6.45, 7) is 11.3. The summed E-state index contributed by atoms with van der Waals surface area (Å²) in [6, 6.07) is 0. The second-order valence-corrected chi connectivity index (χ2v) is 6.53. The zero-order valence-corrected chi connectivity index (χ0v) is 12.7. The molecular weight excluding hydrogens is 224 g/mol. The first kappa shape index (κ1) is 15.9. The molecule has 0 spiro atoms. The third-order valence-electron chi connectivity index (χ3n) is 4.09. The van der Waals surface area contributed by atoms with Gasteiger partial charge in [0, 0.05) is 19.6 Å². The largest absolute Gasteiger partial charge is 0.393 e. The van der Waals surface area contributed by atoms with E-state index in [0.717, 1.165) is 44.9 Å². The van der Waals surface area contributed by atoms with Crippen LogP contribution in [0.15, 0.2) is 0 Å². The Bertz CT molecular complexity index is 229. The summed E-state index contributed by atoms with van der Waals surface area (Å²) in [4.78, 5) is 2.46. The Hall–Kier alpha value is -0.120. The quantitative estimate of drug-likeness (QED) is 0.663. The van der Waals surface area contributed by atoms with Gasteiger partial charge in [0.1, 0.15) is 0 Å². The van der Waals surface area contributed by atoms with Crippen LogP contribution in [0, 0.1) is 11.3 Å². The molecule has 1 rings (SSSR count). The van der Waals surface area contributed by atoms with Crippen LogP contribution in [0.4, 0.5) is 0 Å². The van der Waals surface area contributed by atoms with Gasteiger partial charge in [0.25, 0.3) is 0 Å². The summed E-state index contributed by atoms with van der Waals surface area (Å²) >= 11 is 0. The number of aliphatic hydroxyl groups excluding tert-OH is 1. The van der Waals surface area contributed by atoms with Gasteiger partial charge in [-0.1, -0.05) is 27.2 Å². The molecule has 3 nitrogen and oxygen atoms in total. The van der Waals surface area contributed by atoms with Crippen LogP contribution in [0.1, 0.15) is 46.5 Å².